The van der Waals surface area contributed by atoms with Gasteiger partial charge in [-0.15, -0.1) is 6.42 Å². The minimum atomic E-state index is -1.56. The molecule has 0 N–H and O–H groups in total. The van der Waals surface area contributed by atoms with Crippen molar-refractivity contribution in [1.82, 2.24) is 0 Å². The second-order valence-electron chi connectivity index (χ2n) is 4.10. The third-order valence-electron chi connectivity index (χ3n) is 3.25. The number of Topliss-reactive ketones (excluding diaryl/α,β-unsaturated/α-hetero) is 1. The second kappa shape index (κ2) is 4.62. The van der Waals surface area contributed by atoms with Crippen LogP contribution >= 0.6 is 0 Å². The van der Waals surface area contributed by atoms with Gasteiger partial charge in [-0.3, -0.25) is 4.79 Å². The number of para-hydroxylation sites is 1. The summed E-state index contributed by atoms with van der Waals surface area (Å²) in [6.45, 7) is 3.73. The first-order chi connectivity index (χ1) is 9.13. The Balaban J connectivity index is 2.69. The fourth-order valence-corrected chi connectivity index (χ4v) is 2.36. The van der Waals surface area contributed by atoms with Crippen molar-refractivity contribution < 1.29 is 14.3 Å². The van der Waals surface area contributed by atoms with Crippen molar-refractivity contribution in [2.24, 2.45) is 0 Å². The predicted octanol–water partition coefficient (Wildman–Crippen LogP) is 1.42. The molecule has 96 valence electrons. The number of ether oxygens (including phenoxy) is 1. The molecule has 1 atom stereocenters. The van der Waals surface area contributed by atoms with E-state index in [4.69, 9.17) is 11.2 Å². The van der Waals surface area contributed by atoms with Gasteiger partial charge in [0.2, 0.25) is 11.3 Å². The second-order valence-corrected chi connectivity index (χ2v) is 4.10. The van der Waals surface area contributed by atoms with E-state index >= 15 is 0 Å². The molecule has 2 rings (SSSR count). The summed E-state index contributed by atoms with van der Waals surface area (Å²) in [5.74, 6) is 1.41. The van der Waals surface area contributed by atoms with Crippen LogP contribution in [0.15, 0.2) is 36.9 Å². The molecule has 1 aromatic carbocycles. The molecule has 1 heterocycles. The van der Waals surface area contributed by atoms with Gasteiger partial charge >= 0.3 is 5.97 Å². The number of methoxy groups -OCH3 is 1. The molecule has 0 aromatic heterocycles. The number of nitrogens with zero attached hydrogens (tertiary/aromatic N) is 1. The van der Waals surface area contributed by atoms with Crippen molar-refractivity contribution in [3.05, 3.63) is 42.5 Å². The third kappa shape index (κ3) is 1.55. The topological polar surface area (TPSA) is 46.6 Å². The minimum Gasteiger partial charge on any atom is -0.467 e. The van der Waals surface area contributed by atoms with E-state index < -0.39 is 11.5 Å². The van der Waals surface area contributed by atoms with E-state index in [-0.39, 0.29) is 12.3 Å². The number of hydrogen-bond acceptors (Lipinski definition) is 4. The Labute approximate surface area is 111 Å². The van der Waals surface area contributed by atoms with Crippen LogP contribution in [0.3, 0.4) is 0 Å². The van der Waals surface area contributed by atoms with E-state index in [0.29, 0.717) is 11.3 Å². The molecular formula is C15H13NO3. The molecule has 1 aromatic rings. The fraction of sp³-hybridized carbons (Fsp3) is 0.200. The summed E-state index contributed by atoms with van der Waals surface area (Å²) in [5, 5.41) is 0. The highest BCUT2D eigenvalue weighted by Gasteiger charge is 2.55. The Morgan fingerprint density at radius 2 is 2.26 bits per heavy atom. The molecule has 0 saturated carbocycles. The van der Waals surface area contributed by atoms with Crippen LogP contribution < -0.4 is 4.90 Å². The first-order valence-corrected chi connectivity index (χ1v) is 5.70. The molecule has 0 amide bonds. The number of carbonyl (C=O) groups is 2. The Morgan fingerprint density at radius 3 is 2.84 bits per heavy atom. The predicted molar refractivity (Wildman–Crippen MR) is 71.9 cm³/mol. The highest BCUT2D eigenvalue weighted by atomic mass is 16.5. The van der Waals surface area contributed by atoms with Gasteiger partial charge < -0.3 is 9.64 Å². The molecule has 0 aliphatic carbocycles. The quantitative estimate of drug-likeness (QED) is 0.355. The average Bonchev–Trinajstić information content (AvgIpc) is 2.69. The van der Waals surface area contributed by atoms with Gasteiger partial charge in [0.05, 0.1) is 13.7 Å². The minimum absolute atomic E-state index is 0.115. The van der Waals surface area contributed by atoms with Crippen molar-refractivity contribution >= 4 is 17.4 Å². The molecule has 4 nitrogen and oxygen atoms in total. The van der Waals surface area contributed by atoms with Crippen molar-refractivity contribution in [1.29, 1.82) is 0 Å². The number of fused-ring (bicyclic) bond motifs is 1. The highest BCUT2D eigenvalue weighted by molar-refractivity contribution is 6.26. The first kappa shape index (κ1) is 12.9. The van der Waals surface area contributed by atoms with Crippen LogP contribution in [-0.4, -0.2) is 30.9 Å². The van der Waals surface area contributed by atoms with E-state index in [1.807, 2.05) is 0 Å². The number of hydrogen-bond donors (Lipinski definition) is 0. The van der Waals surface area contributed by atoms with Crippen LogP contribution in [0.5, 0.6) is 0 Å². The van der Waals surface area contributed by atoms with E-state index in [9.17, 15) is 9.59 Å². The van der Waals surface area contributed by atoms with Gasteiger partial charge in [-0.1, -0.05) is 24.6 Å². The zero-order valence-corrected chi connectivity index (χ0v) is 10.6. The normalized spacial score (nSPS) is 20.6. The molecule has 1 unspecified atom stereocenters. The number of carbonyl (C=O) groups excluding carboxylic acids is 2. The number of ketones is 1. The molecule has 1 aliphatic rings. The Bertz CT molecular complexity index is 600. The first-order valence-electron chi connectivity index (χ1n) is 5.70. The summed E-state index contributed by atoms with van der Waals surface area (Å²) in [6.07, 6.45) is 6.63. The van der Waals surface area contributed by atoms with Crippen LogP contribution in [0.1, 0.15) is 10.4 Å². The summed E-state index contributed by atoms with van der Waals surface area (Å²) in [4.78, 5) is 26.2. The van der Waals surface area contributed by atoms with Crippen molar-refractivity contribution in [3.8, 4) is 12.3 Å². The molecule has 0 spiro atoms. The fourth-order valence-electron chi connectivity index (χ4n) is 2.36. The lowest BCUT2D eigenvalue weighted by Gasteiger charge is -2.32. The van der Waals surface area contributed by atoms with E-state index in [0.717, 1.165) is 0 Å². The molecule has 1 aliphatic heterocycles. The van der Waals surface area contributed by atoms with Crippen LogP contribution in [0.2, 0.25) is 0 Å². The SMILES string of the molecule is C#CCN1c2ccccc2C(=O)C1(C=C)C(=O)OC. The van der Waals surface area contributed by atoms with Gasteiger partial charge in [-0.25, -0.2) is 4.79 Å². The highest BCUT2D eigenvalue weighted by Crippen LogP contribution is 2.39. The van der Waals surface area contributed by atoms with Gasteiger partial charge in [0.1, 0.15) is 0 Å². The van der Waals surface area contributed by atoms with Crippen LogP contribution in [0.25, 0.3) is 0 Å². The third-order valence-corrected chi connectivity index (χ3v) is 3.25. The smallest absolute Gasteiger partial charge is 0.344 e. The standard InChI is InChI=1S/C15H13NO3/c1-4-10-16-12-9-7-6-8-11(12)13(17)15(16,5-2)14(18)19-3/h1,5-9H,2,10H2,3H3. The lowest BCUT2D eigenvalue weighted by atomic mass is 9.92. The molecule has 0 radical (unpaired) electrons. The molecule has 0 fully saturated rings. The number of benzene rings is 1. The van der Waals surface area contributed by atoms with Crippen LogP contribution in [0.4, 0.5) is 5.69 Å². The summed E-state index contributed by atoms with van der Waals surface area (Å²) >= 11 is 0. The molecule has 19 heavy (non-hydrogen) atoms. The van der Waals surface area contributed by atoms with E-state index in [1.165, 1.54) is 13.2 Å². The molecule has 0 bridgehead atoms. The maximum absolute atomic E-state index is 12.6. The van der Waals surface area contributed by atoms with Gasteiger partial charge in [0, 0.05) is 11.3 Å². The van der Waals surface area contributed by atoms with Gasteiger partial charge in [-0.2, -0.15) is 0 Å². The lowest BCUT2D eigenvalue weighted by molar-refractivity contribution is -0.143. The number of terminal acetylenes is 1. The number of rotatable bonds is 3. The summed E-state index contributed by atoms with van der Waals surface area (Å²) in [5.41, 5.74) is -0.496. The molecular weight excluding hydrogens is 242 g/mol. The Morgan fingerprint density at radius 1 is 1.58 bits per heavy atom. The van der Waals surface area contributed by atoms with Crippen LogP contribution in [-0.2, 0) is 9.53 Å². The van der Waals surface area contributed by atoms with Crippen molar-refractivity contribution in [3.63, 3.8) is 0 Å². The van der Waals surface area contributed by atoms with Gasteiger partial charge in [0.25, 0.3) is 0 Å². The number of esters is 1. The molecule has 4 heteroatoms. The maximum atomic E-state index is 12.6. The summed E-state index contributed by atoms with van der Waals surface area (Å²) < 4.78 is 4.77. The summed E-state index contributed by atoms with van der Waals surface area (Å²) in [7, 11) is 1.23. The van der Waals surface area contributed by atoms with Crippen molar-refractivity contribution in [2.45, 2.75) is 5.54 Å². The van der Waals surface area contributed by atoms with E-state index in [1.54, 1.807) is 29.2 Å². The Hall–Kier alpha value is -2.54. The largest absolute Gasteiger partial charge is 0.467 e. The average molecular weight is 255 g/mol. The van der Waals surface area contributed by atoms with Crippen LogP contribution in [0, 0.1) is 12.3 Å². The zero-order chi connectivity index (χ0) is 14.0. The monoisotopic (exact) mass is 255 g/mol. The zero-order valence-electron chi connectivity index (χ0n) is 10.6. The Kier molecular flexibility index (Phi) is 3.14. The van der Waals surface area contributed by atoms with Gasteiger partial charge in [-0.05, 0) is 18.2 Å². The maximum Gasteiger partial charge on any atom is 0.344 e. The molecule has 0 saturated heterocycles. The lowest BCUT2D eigenvalue weighted by Crippen LogP contribution is -2.55. The van der Waals surface area contributed by atoms with Crippen molar-refractivity contribution in [2.75, 3.05) is 18.6 Å². The van der Waals surface area contributed by atoms with Gasteiger partial charge in [0.15, 0.2) is 0 Å². The summed E-state index contributed by atoms with van der Waals surface area (Å²) in [6, 6.07) is 6.93. The number of anilines is 1. The van der Waals surface area contributed by atoms with E-state index in [2.05, 4.69) is 12.5 Å².